The average Bonchev–Trinajstić information content (AvgIpc) is 2.97. The molecule has 132 valence electrons. The third-order valence-corrected chi connectivity index (χ3v) is 4.75. The van der Waals surface area contributed by atoms with Gasteiger partial charge in [-0.2, -0.15) is 5.10 Å². The van der Waals surface area contributed by atoms with Crippen LogP contribution in [0.3, 0.4) is 0 Å². The Hall–Kier alpha value is -2.64. The van der Waals surface area contributed by atoms with Crippen LogP contribution < -0.4 is 10.6 Å². The summed E-state index contributed by atoms with van der Waals surface area (Å²) in [6.07, 6.45) is 1.64. The summed E-state index contributed by atoms with van der Waals surface area (Å²) in [6.45, 7) is 0. The zero-order valence-electron chi connectivity index (χ0n) is 13.6. The monoisotopic (exact) mass is 386 g/mol. The number of anilines is 1. The number of nitrogens with one attached hydrogen (secondary N) is 2. The maximum Gasteiger partial charge on any atom is 0.240 e. The van der Waals surface area contributed by atoms with Gasteiger partial charge in [-0.05, 0) is 29.8 Å². The van der Waals surface area contributed by atoms with E-state index < -0.39 is 5.25 Å². The van der Waals surface area contributed by atoms with Gasteiger partial charge in [0.15, 0.2) is 5.17 Å². The van der Waals surface area contributed by atoms with Crippen molar-refractivity contribution >= 4 is 52.2 Å². The Balaban J connectivity index is 1.54. The molecule has 1 aliphatic heterocycles. The van der Waals surface area contributed by atoms with Gasteiger partial charge in [-0.1, -0.05) is 53.7 Å². The molecule has 1 fully saturated rings. The Labute approximate surface area is 159 Å². The highest BCUT2D eigenvalue weighted by Gasteiger charge is 2.32. The minimum Gasteiger partial charge on any atom is -0.326 e. The molecule has 0 aliphatic carbocycles. The Morgan fingerprint density at radius 2 is 1.92 bits per heavy atom. The third-order valence-electron chi connectivity index (χ3n) is 3.43. The molecule has 2 amide bonds. The van der Waals surface area contributed by atoms with Crippen LogP contribution in [-0.4, -0.2) is 28.4 Å². The molecular weight excluding hydrogens is 372 g/mol. The molecule has 2 aromatic rings. The normalized spacial score (nSPS) is 18.3. The summed E-state index contributed by atoms with van der Waals surface area (Å²) in [4.78, 5) is 24.1. The van der Waals surface area contributed by atoms with E-state index in [1.807, 2.05) is 30.3 Å². The lowest BCUT2D eigenvalue weighted by Crippen LogP contribution is -2.28. The molecule has 1 atom stereocenters. The van der Waals surface area contributed by atoms with Crippen molar-refractivity contribution in [2.75, 3.05) is 5.32 Å². The highest BCUT2D eigenvalue weighted by molar-refractivity contribution is 8.15. The molecule has 3 rings (SSSR count). The van der Waals surface area contributed by atoms with Gasteiger partial charge in [-0.15, -0.1) is 5.10 Å². The molecule has 6 nitrogen and oxygen atoms in total. The molecule has 0 spiro atoms. The molecular formula is C18H15ClN4O2S. The van der Waals surface area contributed by atoms with E-state index in [0.717, 1.165) is 5.56 Å². The number of thioether (sulfide) groups is 1. The zero-order chi connectivity index (χ0) is 18.4. The fourth-order valence-electron chi connectivity index (χ4n) is 2.19. The van der Waals surface area contributed by atoms with Gasteiger partial charge in [0.1, 0.15) is 5.25 Å². The van der Waals surface area contributed by atoms with Gasteiger partial charge >= 0.3 is 0 Å². The van der Waals surface area contributed by atoms with Crippen molar-refractivity contribution in [3.63, 3.8) is 0 Å². The lowest BCUT2D eigenvalue weighted by Gasteiger charge is -2.07. The fourth-order valence-corrected chi connectivity index (χ4v) is 3.24. The number of carbonyl (C=O) groups is 2. The Morgan fingerprint density at radius 1 is 1.19 bits per heavy atom. The van der Waals surface area contributed by atoms with E-state index in [2.05, 4.69) is 20.8 Å². The summed E-state index contributed by atoms with van der Waals surface area (Å²) < 4.78 is 0. The number of halogens is 1. The van der Waals surface area contributed by atoms with Crippen LogP contribution in [0.15, 0.2) is 64.8 Å². The Bertz CT molecular complexity index is 853. The summed E-state index contributed by atoms with van der Waals surface area (Å²) in [6, 6.07) is 16.3. The molecule has 0 bridgehead atoms. The number of carbonyl (C=O) groups excluding carboxylic acids is 2. The number of hydrogen-bond donors (Lipinski definition) is 2. The predicted octanol–water partition coefficient (Wildman–Crippen LogP) is 3.29. The van der Waals surface area contributed by atoms with E-state index in [-0.39, 0.29) is 18.2 Å². The largest absolute Gasteiger partial charge is 0.326 e. The summed E-state index contributed by atoms with van der Waals surface area (Å²) in [5.74, 6) is -0.510. The number of nitrogens with zero attached hydrogens (tertiary/aromatic N) is 2. The highest BCUT2D eigenvalue weighted by Crippen LogP contribution is 2.23. The lowest BCUT2D eigenvalue weighted by atomic mass is 10.2. The van der Waals surface area contributed by atoms with E-state index in [1.54, 1.807) is 30.5 Å². The predicted molar refractivity (Wildman–Crippen MR) is 106 cm³/mol. The second-order valence-corrected chi connectivity index (χ2v) is 7.04. The second kappa shape index (κ2) is 8.64. The van der Waals surface area contributed by atoms with E-state index in [0.29, 0.717) is 15.9 Å². The number of amidine groups is 1. The van der Waals surface area contributed by atoms with Gasteiger partial charge in [0.05, 0.1) is 6.21 Å². The van der Waals surface area contributed by atoms with Crippen molar-refractivity contribution in [1.29, 1.82) is 0 Å². The van der Waals surface area contributed by atoms with E-state index in [4.69, 9.17) is 11.6 Å². The number of amides is 2. The molecule has 8 heteroatoms. The van der Waals surface area contributed by atoms with Crippen molar-refractivity contribution < 1.29 is 9.59 Å². The molecule has 0 saturated carbocycles. The fraction of sp³-hybridized carbons (Fsp3) is 0.111. The van der Waals surface area contributed by atoms with Crippen LogP contribution in [0.25, 0.3) is 0 Å². The lowest BCUT2D eigenvalue weighted by molar-refractivity contribution is -0.122. The van der Waals surface area contributed by atoms with Crippen LogP contribution in [0.2, 0.25) is 5.02 Å². The summed E-state index contributed by atoms with van der Waals surface area (Å²) >= 11 is 7.00. The second-order valence-electron chi connectivity index (χ2n) is 5.42. The molecule has 1 saturated heterocycles. The molecule has 2 N–H and O–H groups in total. The first-order chi connectivity index (χ1) is 12.6. The molecule has 26 heavy (non-hydrogen) atoms. The third kappa shape index (κ3) is 5.18. The van der Waals surface area contributed by atoms with Crippen molar-refractivity contribution in [3.8, 4) is 0 Å². The SMILES string of the molecule is O=C(CC1S/C(=N/N=C\c2ccccc2)NC1=O)Nc1ccc(Cl)cc1. The Morgan fingerprint density at radius 3 is 2.65 bits per heavy atom. The van der Waals surface area contributed by atoms with Crippen LogP contribution in [-0.2, 0) is 9.59 Å². The smallest absolute Gasteiger partial charge is 0.240 e. The maximum absolute atomic E-state index is 12.1. The number of hydrogen-bond acceptors (Lipinski definition) is 5. The summed E-state index contributed by atoms with van der Waals surface area (Å²) in [7, 11) is 0. The van der Waals surface area contributed by atoms with Gasteiger partial charge in [0.25, 0.3) is 0 Å². The van der Waals surface area contributed by atoms with Gasteiger partial charge < -0.3 is 10.6 Å². The van der Waals surface area contributed by atoms with Crippen LogP contribution in [0.4, 0.5) is 5.69 Å². The number of rotatable bonds is 5. The molecule has 1 heterocycles. The van der Waals surface area contributed by atoms with Gasteiger partial charge in [0, 0.05) is 17.1 Å². The first-order valence-corrected chi connectivity index (χ1v) is 9.05. The average molecular weight is 387 g/mol. The Kier molecular flexibility index (Phi) is 6.04. The minimum atomic E-state index is -0.534. The molecule has 2 aromatic carbocycles. The van der Waals surface area contributed by atoms with Crippen molar-refractivity contribution in [1.82, 2.24) is 5.32 Å². The van der Waals surface area contributed by atoms with Gasteiger partial charge in [-0.25, -0.2) is 0 Å². The van der Waals surface area contributed by atoms with Gasteiger partial charge in [0.2, 0.25) is 11.8 Å². The van der Waals surface area contributed by atoms with Gasteiger partial charge in [-0.3, -0.25) is 9.59 Å². The molecule has 1 aliphatic rings. The highest BCUT2D eigenvalue weighted by atomic mass is 35.5. The maximum atomic E-state index is 12.1. The standard InChI is InChI=1S/C18H15ClN4O2S/c19-13-6-8-14(9-7-13)21-16(24)10-15-17(25)22-18(26-15)23-20-11-12-4-2-1-3-5-12/h1-9,11,15H,10H2,(H,21,24)(H,22,23,25)/b20-11-. The topological polar surface area (TPSA) is 82.9 Å². The number of benzene rings is 2. The quantitative estimate of drug-likeness (QED) is 0.611. The van der Waals surface area contributed by atoms with E-state index in [1.165, 1.54) is 11.8 Å². The summed E-state index contributed by atoms with van der Waals surface area (Å²) in [5.41, 5.74) is 1.54. The summed E-state index contributed by atoms with van der Waals surface area (Å²) in [5, 5.41) is 13.8. The molecule has 0 radical (unpaired) electrons. The van der Waals surface area contributed by atoms with Crippen LogP contribution >= 0.6 is 23.4 Å². The van der Waals surface area contributed by atoms with Crippen LogP contribution in [0.5, 0.6) is 0 Å². The van der Waals surface area contributed by atoms with Crippen LogP contribution in [0.1, 0.15) is 12.0 Å². The first-order valence-electron chi connectivity index (χ1n) is 7.79. The zero-order valence-corrected chi connectivity index (χ0v) is 15.1. The first kappa shape index (κ1) is 18.2. The minimum absolute atomic E-state index is 0.0422. The van der Waals surface area contributed by atoms with Crippen LogP contribution in [0, 0.1) is 0 Å². The van der Waals surface area contributed by atoms with Crippen molar-refractivity contribution in [2.24, 2.45) is 10.2 Å². The van der Waals surface area contributed by atoms with E-state index in [9.17, 15) is 9.59 Å². The molecule has 1 unspecified atom stereocenters. The molecule has 0 aromatic heterocycles. The van der Waals surface area contributed by atoms with Crippen molar-refractivity contribution in [3.05, 3.63) is 65.2 Å². The van der Waals surface area contributed by atoms with Crippen molar-refractivity contribution in [2.45, 2.75) is 11.7 Å². The van der Waals surface area contributed by atoms with E-state index >= 15 is 0 Å².